The molecule has 0 spiro atoms. The van der Waals surface area contributed by atoms with Crippen LogP contribution in [0.2, 0.25) is 0 Å². The van der Waals surface area contributed by atoms with Crippen molar-refractivity contribution in [2.45, 2.75) is 42.4 Å². The van der Waals surface area contributed by atoms with Gasteiger partial charge in [-0.25, -0.2) is 21.8 Å². The molecule has 5 rings (SSSR count). The van der Waals surface area contributed by atoms with Gasteiger partial charge in [0.05, 0.1) is 45.0 Å². The van der Waals surface area contributed by atoms with Gasteiger partial charge >= 0.3 is 0 Å². The van der Waals surface area contributed by atoms with Crippen LogP contribution < -0.4 is 4.90 Å². The number of nitrogens with zero attached hydrogens (tertiary/aromatic N) is 3. The van der Waals surface area contributed by atoms with E-state index in [1.807, 2.05) is 13.8 Å². The molecule has 10 nitrogen and oxygen atoms in total. The van der Waals surface area contributed by atoms with Gasteiger partial charge in [-0.2, -0.15) is 4.31 Å². The summed E-state index contributed by atoms with van der Waals surface area (Å²) >= 11 is 1.18. The average Bonchev–Trinajstić information content (AvgIpc) is 3.55. The second-order valence-electron chi connectivity index (χ2n) is 9.47. The van der Waals surface area contributed by atoms with Crippen molar-refractivity contribution in [2.75, 3.05) is 24.2 Å². The predicted octanol–water partition coefficient (Wildman–Crippen LogP) is 3.94. The van der Waals surface area contributed by atoms with Crippen molar-refractivity contribution in [1.82, 2.24) is 9.29 Å². The van der Waals surface area contributed by atoms with Gasteiger partial charge < -0.3 is 9.15 Å². The lowest BCUT2D eigenvalue weighted by atomic mass is 10.2. The molecule has 1 aliphatic heterocycles. The molecule has 1 amide bonds. The fourth-order valence-corrected chi connectivity index (χ4v) is 7.74. The van der Waals surface area contributed by atoms with Crippen LogP contribution in [0, 0.1) is 0 Å². The number of fused-ring (bicyclic) bond motifs is 1. The van der Waals surface area contributed by atoms with Crippen molar-refractivity contribution in [1.29, 1.82) is 0 Å². The smallest absolute Gasteiger partial charge is 0.260 e. The van der Waals surface area contributed by atoms with E-state index < -0.39 is 25.8 Å². The first kappa shape index (κ1) is 27.5. The van der Waals surface area contributed by atoms with Crippen LogP contribution in [0.25, 0.3) is 10.2 Å². The number of hydrogen-bond donors (Lipinski definition) is 0. The Kier molecular flexibility index (Phi) is 7.37. The number of sulfone groups is 1. The SMILES string of the molecule is CC1CN(S(=O)(=O)c2ccc(C(=O)N(Cc3ccco3)c3nc4ccc(S(C)(=O)=O)cc4s3)cc2)CC(C)O1. The summed E-state index contributed by atoms with van der Waals surface area (Å²) in [4.78, 5) is 20.0. The van der Waals surface area contributed by atoms with Crippen LogP contribution >= 0.6 is 11.3 Å². The number of benzene rings is 2. The number of sulfonamides is 1. The van der Waals surface area contributed by atoms with E-state index >= 15 is 0 Å². The molecule has 2 aromatic heterocycles. The van der Waals surface area contributed by atoms with Crippen LogP contribution in [0.5, 0.6) is 0 Å². The number of morpholine rings is 1. The monoisotopic (exact) mass is 589 g/mol. The van der Waals surface area contributed by atoms with Gasteiger partial charge in [0, 0.05) is 24.9 Å². The number of thiazole rings is 1. The molecule has 0 aliphatic carbocycles. The minimum Gasteiger partial charge on any atom is -0.467 e. The third-order valence-electron chi connectivity index (χ3n) is 6.27. The van der Waals surface area contributed by atoms with Gasteiger partial charge in [-0.1, -0.05) is 11.3 Å². The molecule has 0 saturated carbocycles. The predicted molar refractivity (Wildman–Crippen MR) is 147 cm³/mol. The van der Waals surface area contributed by atoms with Gasteiger partial charge in [0.1, 0.15) is 5.76 Å². The highest BCUT2D eigenvalue weighted by Crippen LogP contribution is 2.33. The number of ether oxygens (including phenoxy) is 1. The minimum atomic E-state index is -3.76. The zero-order valence-electron chi connectivity index (χ0n) is 21.5. The Hall–Kier alpha value is -3.10. The molecule has 2 atom stereocenters. The lowest BCUT2D eigenvalue weighted by Crippen LogP contribution is -2.48. The van der Waals surface area contributed by atoms with Gasteiger partial charge in [0.25, 0.3) is 5.91 Å². The lowest BCUT2D eigenvalue weighted by molar-refractivity contribution is -0.0440. The fourth-order valence-electron chi connectivity index (χ4n) is 4.42. The number of hydrogen-bond acceptors (Lipinski definition) is 9. The minimum absolute atomic E-state index is 0.0776. The van der Waals surface area contributed by atoms with Crippen molar-refractivity contribution in [3.63, 3.8) is 0 Å². The summed E-state index contributed by atoms with van der Waals surface area (Å²) in [6.07, 6.45) is 2.19. The highest BCUT2D eigenvalue weighted by atomic mass is 32.2. The van der Waals surface area contributed by atoms with E-state index in [1.165, 1.54) is 63.2 Å². The maximum Gasteiger partial charge on any atom is 0.260 e. The van der Waals surface area contributed by atoms with E-state index in [9.17, 15) is 21.6 Å². The molecule has 13 heteroatoms. The molecule has 2 unspecified atom stereocenters. The summed E-state index contributed by atoms with van der Waals surface area (Å²) in [7, 11) is -7.18. The number of aromatic nitrogens is 1. The number of amides is 1. The van der Waals surface area contributed by atoms with Crippen LogP contribution in [0.15, 0.2) is 75.1 Å². The molecule has 0 N–H and O–H groups in total. The third kappa shape index (κ3) is 5.77. The average molecular weight is 590 g/mol. The van der Waals surface area contributed by atoms with Crippen molar-refractivity contribution in [2.24, 2.45) is 0 Å². The number of carbonyl (C=O) groups excluding carboxylic acids is 1. The first-order valence-electron chi connectivity index (χ1n) is 12.1. The molecule has 39 heavy (non-hydrogen) atoms. The summed E-state index contributed by atoms with van der Waals surface area (Å²) < 4.78 is 63.6. The van der Waals surface area contributed by atoms with Crippen LogP contribution in [0.4, 0.5) is 5.13 Å². The van der Waals surface area contributed by atoms with Gasteiger partial charge in [-0.3, -0.25) is 9.69 Å². The molecule has 1 saturated heterocycles. The standard InChI is InChI=1S/C26H27N3O7S3/c1-17-14-28(15-18(2)36-17)39(33,34)21-8-6-19(7-9-21)25(30)29(16-20-5-4-12-35-20)26-27-23-11-10-22(38(3,31)32)13-24(23)37-26/h4-13,17-18H,14-16H2,1-3H3. The molecule has 0 bridgehead atoms. The lowest BCUT2D eigenvalue weighted by Gasteiger charge is -2.34. The first-order chi connectivity index (χ1) is 18.4. The van der Waals surface area contributed by atoms with E-state index in [2.05, 4.69) is 4.98 Å². The normalized spacial score (nSPS) is 18.8. The molecule has 1 fully saturated rings. The highest BCUT2D eigenvalue weighted by molar-refractivity contribution is 7.90. The van der Waals surface area contributed by atoms with E-state index in [1.54, 1.807) is 18.2 Å². The van der Waals surface area contributed by atoms with Gasteiger partial charge in [0.15, 0.2) is 15.0 Å². The van der Waals surface area contributed by atoms with Gasteiger partial charge in [-0.05, 0) is 68.4 Å². The Bertz CT molecular complexity index is 1700. The quantitative estimate of drug-likeness (QED) is 0.317. The van der Waals surface area contributed by atoms with Crippen LogP contribution in [-0.2, 0) is 31.1 Å². The summed E-state index contributed by atoms with van der Waals surface area (Å²) in [5, 5.41) is 0.352. The second kappa shape index (κ2) is 10.5. The summed E-state index contributed by atoms with van der Waals surface area (Å²) in [6.45, 7) is 4.25. The third-order valence-corrected chi connectivity index (χ3v) is 10.3. The Morgan fingerprint density at radius 2 is 1.69 bits per heavy atom. The van der Waals surface area contributed by atoms with E-state index in [0.717, 1.165) is 6.26 Å². The Labute approximate surface area is 230 Å². The van der Waals surface area contributed by atoms with Crippen molar-refractivity contribution >= 4 is 52.5 Å². The molecular weight excluding hydrogens is 563 g/mol. The van der Waals surface area contributed by atoms with E-state index in [4.69, 9.17) is 9.15 Å². The zero-order valence-corrected chi connectivity index (χ0v) is 23.9. The van der Waals surface area contributed by atoms with E-state index in [-0.39, 0.29) is 47.2 Å². The Balaban J connectivity index is 1.46. The zero-order chi connectivity index (χ0) is 27.9. The fraction of sp³-hybridized carbons (Fsp3) is 0.308. The van der Waals surface area contributed by atoms with E-state index in [0.29, 0.717) is 21.1 Å². The maximum atomic E-state index is 13.7. The van der Waals surface area contributed by atoms with Crippen molar-refractivity contribution in [3.05, 3.63) is 72.2 Å². The summed E-state index contributed by atoms with van der Waals surface area (Å²) in [5.41, 5.74) is 0.815. The van der Waals surface area contributed by atoms with Crippen LogP contribution in [0.3, 0.4) is 0 Å². The number of anilines is 1. The Morgan fingerprint density at radius 3 is 2.31 bits per heavy atom. The van der Waals surface area contributed by atoms with Gasteiger partial charge in [-0.15, -0.1) is 0 Å². The largest absolute Gasteiger partial charge is 0.467 e. The number of furan rings is 1. The highest BCUT2D eigenvalue weighted by Gasteiger charge is 2.32. The van der Waals surface area contributed by atoms with Gasteiger partial charge in [0.2, 0.25) is 10.0 Å². The van der Waals surface area contributed by atoms with Crippen molar-refractivity contribution in [3.8, 4) is 0 Å². The van der Waals surface area contributed by atoms with Crippen LogP contribution in [0.1, 0.15) is 30.0 Å². The molecule has 0 radical (unpaired) electrons. The van der Waals surface area contributed by atoms with Crippen molar-refractivity contribution < 1.29 is 30.8 Å². The molecule has 4 aromatic rings. The molecular formula is C26H27N3O7S3. The molecule has 2 aromatic carbocycles. The van der Waals surface area contributed by atoms with Crippen LogP contribution in [-0.4, -0.2) is 63.6 Å². The maximum absolute atomic E-state index is 13.7. The second-order valence-corrected chi connectivity index (χ2v) is 14.4. The molecule has 206 valence electrons. The number of rotatable bonds is 7. The molecule has 3 heterocycles. The summed E-state index contributed by atoms with van der Waals surface area (Å²) in [6, 6.07) is 13.9. The summed E-state index contributed by atoms with van der Waals surface area (Å²) in [5.74, 6) is 0.112. The first-order valence-corrected chi connectivity index (χ1v) is 16.3. The number of carbonyl (C=O) groups is 1. The Morgan fingerprint density at radius 1 is 1.03 bits per heavy atom. The topological polar surface area (TPSA) is 127 Å². The molecule has 1 aliphatic rings.